The summed E-state index contributed by atoms with van der Waals surface area (Å²) >= 11 is 7.65. The lowest BCUT2D eigenvalue weighted by Gasteiger charge is -2.15. The average molecular weight is 358 g/mol. The minimum absolute atomic E-state index is 0.199. The fraction of sp³-hybridized carbons (Fsp3) is 0.278. The first-order valence-corrected chi connectivity index (χ1v) is 9.15. The van der Waals surface area contributed by atoms with Crippen LogP contribution in [0.1, 0.15) is 34.3 Å². The largest absolute Gasteiger partial charge is 0.298 e. The van der Waals surface area contributed by atoms with Crippen molar-refractivity contribution in [2.24, 2.45) is 5.92 Å². The van der Waals surface area contributed by atoms with E-state index < -0.39 is 0 Å². The van der Waals surface area contributed by atoms with Crippen LogP contribution in [-0.4, -0.2) is 15.9 Å². The molecule has 1 unspecified atom stereocenters. The minimum atomic E-state index is -0.199. The molecular weight excluding hydrogens is 342 g/mol. The fourth-order valence-electron chi connectivity index (χ4n) is 3.09. The highest BCUT2D eigenvalue weighted by molar-refractivity contribution is 7.15. The smallest absolute Gasteiger partial charge is 0.258 e. The van der Waals surface area contributed by atoms with E-state index in [1.807, 2.05) is 24.3 Å². The molecule has 0 bridgehead atoms. The van der Waals surface area contributed by atoms with Gasteiger partial charge in [-0.05, 0) is 37.3 Å². The number of aromatic nitrogens is 2. The van der Waals surface area contributed by atoms with Crippen LogP contribution in [-0.2, 0) is 12.8 Å². The highest BCUT2D eigenvalue weighted by atomic mass is 35.5. The summed E-state index contributed by atoms with van der Waals surface area (Å²) < 4.78 is 0. The molecule has 0 aliphatic heterocycles. The van der Waals surface area contributed by atoms with Gasteiger partial charge in [-0.3, -0.25) is 10.1 Å². The lowest BCUT2D eigenvalue weighted by atomic mass is 9.93. The number of rotatable bonds is 2. The highest BCUT2D eigenvalue weighted by Crippen LogP contribution is 2.32. The van der Waals surface area contributed by atoms with Gasteiger partial charge in [0.05, 0.1) is 16.8 Å². The molecule has 6 heteroatoms. The van der Waals surface area contributed by atoms with Crippen molar-refractivity contribution in [1.29, 1.82) is 0 Å². The van der Waals surface area contributed by atoms with Crippen LogP contribution in [0.4, 0.5) is 5.13 Å². The van der Waals surface area contributed by atoms with Crippen molar-refractivity contribution in [1.82, 2.24) is 9.97 Å². The average Bonchev–Trinajstić information content (AvgIpc) is 2.95. The van der Waals surface area contributed by atoms with Gasteiger partial charge in [0.15, 0.2) is 5.13 Å². The quantitative estimate of drug-likeness (QED) is 0.675. The van der Waals surface area contributed by atoms with Crippen molar-refractivity contribution >= 4 is 44.9 Å². The molecule has 0 saturated heterocycles. The van der Waals surface area contributed by atoms with Gasteiger partial charge in [-0.15, -0.1) is 11.3 Å². The number of nitrogens with zero attached hydrogens (tertiary/aromatic N) is 2. The zero-order chi connectivity index (χ0) is 16.7. The van der Waals surface area contributed by atoms with Crippen LogP contribution in [0.3, 0.4) is 0 Å². The van der Waals surface area contributed by atoms with Gasteiger partial charge in [-0.1, -0.05) is 36.7 Å². The van der Waals surface area contributed by atoms with E-state index in [1.54, 1.807) is 17.4 Å². The molecule has 1 amide bonds. The van der Waals surface area contributed by atoms with Gasteiger partial charge in [0, 0.05) is 10.3 Å². The molecule has 24 heavy (non-hydrogen) atoms. The SMILES string of the molecule is CC1CCc2nc(NC(=O)c3cc(Cl)nc4ccccc34)sc2C1. The number of anilines is 1. The Hall–Kier alpha value is -1.98. The van der Waals surface area contributed by atoms with Crippen molar-refractivity contribution in [2.75, 3.05) is 5.32 Å². The first-order chi connectivity index (χ1) is 11.6. The lowest BCUT2D eigenvalue weighted by Crippen LogP contribution is -2.13. The Morgan fingerprint density at radius 2 is 2.17 bits per heavy atom. The second-order valence-electron chi connectivity index (χ2n) is 6.20. The predicted octanol–water partition coefficient (Wildman–Crippen LogP) is 4.72. The normalized spacial score (nSPS) is 16.8. The molecule has 0 spiro atoms. The van der Waals surface area contributed by atoms with E-state index in [1.165, 1.54) is 4.88 Å². The van der Waals surface area contributed by atoms with E-state index in [0.29, 0.717) is 27.3 Å². The summed E-state index contributed by atoms with van der Waals surface area (Å²) in [6.45, 7) is 2.26. The Morgan fingerprint density at radius 1 is 1.33 bits per heavy atom. The number of fused-ring (bicyclic) bond motifs is 2. The van der Waals surface area contributed by atoms with Gasteiger partial charge in [0.25, 0.3) is 5.91 Å². The number of amides is 1. The minimum Gasteiger partial charge on any atom is -0.298 e. The number of hydrogen-bond donors (Lipinski definition) is 1. The van der Waals surface area contributed by atoms with Gasteiger partial charge >= 0.3 is 0 Å². The van der Waals surface area contributed by atoms with Gasteiger partial charge in [-0.2, -0.15) is 0 Å². The zero-order valence-corrected chi connectivity index (χ0v) is 14.7. The molecule has 0 radical (unpaired) electrons. The molecule has 122 valence electrons. The number of halogens is 1. The number of nitrogens with one attached hydrogen (secondary N) is 1. The molecule has 3 aromatic rings. The third-order valence-electron chi connectivity index (χ3n) is 4.34. The lowest BCUT2D eigenvalue weighted by molar-refractivity contribution is 0.102. The van der Waals surface area contributed by atoms with Crippen LogP contribution in [0.2, 0.25) is 5.15 Å². The zero-order valence-electron chi connectivity index (χ0n) is 13.2. The number of carbonyl (C=O) groups excluding carboxylic acids is 1. The van der Waals surface area contributed by atoms with Gasteiger partial charge < -0.3 is 0 Å². The molecule has 1 aromatic carbocycles. The third-order valence-corrected chi connectivity index (χ3v) is 5.57. The molecule has 2 aromatic heterocycles. The second-order valence-corrected chi connectivity index (χ2v) is 7.67. The summed E-state index contributed by atoms with van der Waals surface area (Å²) in [7, 11) is 0. The number of hydrogen-bond acceptors (Lipinski definition) is 4. The highest BCUT2D eigenvalue weighted by Gasteiger charge is 2.21. The van der Waals surface area contributed by atoms with Gasteiger partial charge in [0.2, 0.25) is 0 Å². The van der Waals surface area contributed by atoms with Crippen molar-refractivity contribution in [2.45, 2.75) is 26.2 Å². The maximum atomic E-state index is 12.7. The molecule has 4 rings (SSSR count). The van der Waals surface area contributed by atoms with E-state index >= 15 is 0 Å². The Morgan fingerprint density at radius 3 is 3.04 bits per heavy atom. The molecule has 1 aliphatic rings. The standard InChI is InChI=1S/C18H16ClN3OS/c1-10-6-7-14-15(8-10)24-18(21-14)22-17(23)12-9-16(19)20-13-5-3-2-4-11(12)13/h2-5,9-10H,6-8H2,1H3,(H,21,22,23). The first kappa shape index (κ1) is 15.5. The number of benzene rings is 1. The summed E-state index contributed by atoms with van der Waals surface area (Å²) in [6.07, 6.45) is 3.20. The maximum absolute atomic E-state index is 12.7. The number of para-hydroxylation sites is 1. The van der Waals surface area contributed by atoms with Crippen LogP contribution in [0.25, 0.3) is 10.9 Å². The van der Waals surface area contributed by atoms with Crippen molar-refractivity contribution in [3.63, 3.8) is 0 Å². The van der Waals surface area contributed by atoms with Crippen LogP contribution < -0.4 is 5.32 Å². The number of aryl methyl sites for hydroxylation is 1. The topological polar surface area (TPSA) is 54.9 Å². The Labute approximate surface area is 148 Å². The molecule has 2 heterocycles. The number of thiazole rings is 1. The van der Waals surface area contributed by atoms with E-state index in [-0.39, 0.29) is 5.91 Å². The Balaban J connectivity index is 1.66. The van der Waals surface area contributed by atoms with E-state index in [0.717, 1.165) is 30.3 Å². The molecule has 4 nitrogen and oxygen atoms in total. The van der Waals surface area contributed by atoms with Crippen molar-refractivity contribution in [3.05, 3.63) is 51.6 Å². The Kier molecular flexibility index (Phi) is 3.98. The summed E-state index contributed by atoms with van der Waals surface area (Å²) in [5, 5.41) is 4.69. The maximum Gasteiger partial charge on any atom is 0.258 e. The van der Waals surface area contributed by atoms with Crippen LogP contribution in [0.15, 0.2) is 30.3 Å². The molecule has 0 saturated carbocycles. The van der Waals surface area contributed by atoms with E-state index in [9.17, 15) is 4.79 Å². The summed E-state index contributed by atoms with van der Waals surface area (Å²) in [5.41, 5.74) is 2.36. The number of carbonyl (C=O) groups is 1. The van der Waals surface area contributed by atoms with Gasteiger partial charge in [0.1, 0.15) is 5.15 Å². The summed E-state index contributed by atoms with van der Waals surface area (Å²) in [6, 6.07) is 9.10. The van der Waals surface area contributed by atoms with Crippen molar-refractivity contribution in [3.8, 4) is 0 Å². The Bertz CT molecular complexity index is 937. The predicted molar refractivity (Wildman–Crippen MR) is 98.0 cm³/mol. The first-order valence-electron chi connectivity index (χ1n) is 7.95. The summed E-state index contributed by atoms with van der Waals surface area (Å²) in [4.78, 5) is 22.9. The fourth-order valence-corrected chi connectivity index (χ4v) is 4.46. The molecule has 1 atom stereocenters. The third kappa shape index (κ3) is 2.89. The summed E-state index contributed by atoms with van der Waals surface area (Å²) in [5.74, 6) is 0.485. The molecule has 0 fully saturated rings. The van der Waals surface area contributed by atoms with E-state index in [4.69, 9.17) is 11.6 Å². The molecular formula is C18H16ClN3OS. The van der Waals surface area contributed by atoms with Gasteiger partial charge in [-0.25, -0.2) is 9.97 Å². The second kappa shape index (κ2) is 6.15. The molecule has 1 N–H and O–H groups in total. The molecule has 1 aliphatic carbocycles. The van der Waals surface area contributed by atoms with Crippen molar-refractivity contribution < 1.29 is 4.79 Å². The van der Waals surface area contributed by atoms with Crippen LogP contribution in [0.5, 0.6) is 0 Å². The van der Waals surface area contributed by atoms with E-state index in [2.05, 4.69) is 22.2 Å². The number of pyridine rings is 1. The van der Waals surface area contributed by atoms with Crippen LogP contribution >= 0.6 is 22.9 Å². The van der Waals surface area contributed by atoms with Crippen LogP contribution in [0, 0.1) is 5.92 Å². The monoisotopic (exact) mass is 357 g/mol.